The van der Waals surface area contributed by atoms with Gasteiger partial charge in [-0.15, -0.1) is 0 Å². The molecule has 3 heterocycles. The predicted molar refractivity (Wildman–Crippen MR) is 71.5 cm³/mol. The van der Waals surface area contributed by atoms with E-state index in [9.17, 15) is 0 Å². The number of nitrogens with two attached hydrogens (primary N) is 1. The Morgan fingerprint density at radius 3 is 2.95 bits per heavy atom. The molecule has 2 aromatic heterocycles. The lowest BCUT2D eigenvalue weighted by Crippen LogP contribution is -2.28. The molecule has 7 nitrogen and oxygen atoms in total. The third-order valence-electron chi connectivity index (χ3n) is 3.15. The van der Waals surface area contributed by atoms with Gasteiger partial charge < -0.3 is 15.8 Å². The van der Waals surface area contributed by atoms with E-state index in [4.69, 9.17) is 10.5 Å². The number of nitrogens with zero attached hydrogens (tertiary/aromatic N) is 3. The summed E-state index contributed by atoms with van der Waals surface area (Å²) in [7, 11) is 0. The van der Waals surface area contributed by atoms with E-state index < -0.39 is 0 Å². The Hall–Kier alpha value is -2.15. The summed E-state index contributed by atoms with van der Waals surface area (Å²) in [5, 5.41) is 9.92. The van der Waals surface area contributed by atoms with Crippen LogP contribution in [0.3, 0.4) is 0 Å². The Balaban J connectivity index is 1.78. The molecule has 19 heavy (non-hydrogen) atoms. The molecule has 0 aromatic carbocycles. The van der Waals surface area contributed by atoms with E-state index in [1.165, 1.54) is 0 Å². The highest BCUT2D eigenvalue weighted by molar-refractivity contribution is 5.70. The second kappa shape index (κ2) is 5.23. The molecule has 0 amide bonds. The van der Waals surface area contributed by atoms with Gasteiger partial charge in [-0.05, 0) is 18.9 Å². The summed E-state index contributed by atoms with van der Waals surface area (Å²) in [6.45, 7) is 1.57. The number of ether oxygens (including phenoxy) is 1. The molecular formula is C12H16N6O. The maximum Gasteiger partial charge on any atom is 0.223 e. The topological polar surface area (TPSA) is 102 Å². The quantitative estimate of drug-likeness (QED) is 0.762. The highest BCUT2D eigenvalue weighted by Crippen LogP contribution is 2.22. The van der Waals surface area contributed by atoms with Crippen LogP contribution in [0.1, 0.15) is 12.8 Å². The molecular weight excluding hydrogens is 244 g/mol. The minimum absolute atomic E-state index is 0.366. The van der Waals surface area contributed by atoms with Crippen LogP contribution < -0.4 is 11.1 Å². The summed E-state index contributed by atoms with van der Waals surface area (Å²) < 4.78 is 5.33. The lowest BCUT2D eigenvalue weighted by atomic mass is 10.1. The van der Waals surface area contributed by atoms with Crippen LogP contribution in [0.25, 0.3) is 11.3 Å². The van der Waals surface area contributed by atoms with Gasteiger partial charge in [-0.2, -0.15) is 5.10 Å². The number of aromatic amines is 1. The van der Waals surface area contributed by atoms with Crippen molar-refractivity contribution in [2.75, 3.05) is 24.3 Å². The fraction of sp³-hybridized carbons (Fsp3) is 0.417. The highest BCUT2D eigenvalue weighted by atomic mass is 16.5. The average molecular weight is 260 g/mol. The van der Waals surface area contributed by atoms with Crippen molar-refractivity contribution in [3.63, 3.8) is 0 Å². The normalized spacial score (nSPS) is 16.4. The van der Waals surface area contributed by atoms with Crippen molar-refractivity contribution in [1.29, 1.82) is 0 Å². The summed E-state index contributed by atoms with van der Waals surface area (Å²) in [5.74, 6) is 1.13. The van der Waals surface area contributed by atoms with Gasteiger partial charge in [-0.25, -0.2) is 9.97 Å². The Morgan fingerprint density at radius 2 is 2.21 bits per heavy atom. The van der Waals surface area contributed by atoms with Gasteiger partial charge in [0.1, 0.15) is 5.82 Å². The first-order chi connectivity index (χ1) is 9.33. The van der Waals surface area contributed by atoms with Crippen molar-refractivity contribution >= 4 is 11.8 Å². The van der Waals surface area contributed by atoms with E-state index in [2.05, 4.69) is 25.5 Å². The van der Waals surface area contributed by atoms with Crippen LogP contribution >= 0.6 is 0 Å². The molecule has 3 rings (SSSR count). The lowest BCUT2D eigenvalue weighted by molar-refractivity contribution is 0.0903. The van der Waals surface area contributed by atoms with Crippen molar-refractivity contribution in [3.05, 3.63) is 18.5 Å². The highest BCUT2D eigenvalue weighted by Gasteiger charge is 2.15. The third-order valence-corrected chi connectivity index (χ3v) is 3.15. The fourth-order valence-corrected chi connectivity index (χ4v) is 2.10. The molecule has 4 N–H and O–H groups in total. The zero-order chi connectivity index (χ0) is 13.1. The Kier molecular flexibility index (Phi) is 3.28. The van der Waals surface area contributed by atoms with Crippen molar-refractivity contribution < 1.29 is 4.74 Å². The van der Waals surface area contributed by atoms with E-state index in [-0.39, 0.29) is 0 Å². The molecule has 0 aliphatic carbocycles. The lowest BCUT2D eigenvalue weighted by Gasteiger charge is -2.23. The standard InChI is InChI=1S/C12H16N6O/c13-11-9(7-15-18-11)10-1-4-14-12(17-10)16-8-2-5-19-6-3-8/h1,4,7-8H,2-3,5-6H2,(H3,13,15,18)(H,14,16,17). The number of hydrogen-bond donors (Lipinski definition) is 3. The number of nitrogens with one attached hydrogen (secondary N) is 2. The summed E-state index contributed by atoms with van der Waals surface area (Å²) in [4.78, 5) is 8.71. The van der Waals surface area contributed by atoms with E-state index in [0.29, 0.717) is 17.8 Å². The largest absolute Gasteiger partial charge is 0.384 e. The van der Waals surface area contributed by atoms with Gasteiger partial charge in [0, 0.05) is 25.5 Å². The number of H-pyrrole nitrogens is 1. The van der Waals surface area contributed by atoms with Gasteiger partial charge in [0.25, 0.3) is 0 Å². The zero-order valence-electron chi connectivity index (χ0n) is 10.5. The van der Waals surface area contributed by atoms with Gasteiger partial charge in [0.15, 0.2) is 0 Å². The van der Waals surface area contributed by atoms with Crippen molar-refractivity contribution in [2.45, 2.75) is 18.9 Å². The van der Waals surface area contributed by atoms with Gasteiger partial charge >= 0.3 is 0 Å². The third kappa shape index (κ3) is 2.65. The van der Waals surface area contributed by atoms with Crippen molar-refractivity contribution in [3.8, 4) is 11.3 Å². The SMILES string of the molecule is Nc1[nH]ncc1-c1ccnc(NC2CCOCC2)n1. The smallest absolute Gasteiger partial charge is 0.223 e. The van der Waals surface area contributed by atoms with E-state index >= 15 is 0 Å². The molecule has 1 saturated heterocycles. The fourth-order valence-electron chi connectivity index (χ4n) is 2.10. The molecule has 0 bridgehead atoms. The molecule has 0 saturated carbocycles. The average Bonchev–Trinajstić information content (AvgIpc) is 2.86. The molecule has 0 atom stereocenters. The zero-order valence-corrected chi connectivity index (χ0v) is 10.5. The van der Waals surface area contributed by atoms with Crippen LogP contribution in [0, 0.1) is 0 Å². The second-order valence-electron chi connectivity index (χ2n) is 4.49. The van der Waals surface area contributed by atoms with Crippen LogP contribution in [0.5, 0.6) is 0 Å². The van der Waals surface area contributed by atoms with Crippen LogP contribution in [0.4, 0.5) is 11.8 Å². The summed E-state index contributed by atoms with van der Waals surface area (Å²) in [6.07, 6.45) is 5.33. The van der Waals surface area contributed by atoms with E-state index in [1.54, 1.807) is 12.4 Å². The van der Waals surface area contributed by atoms with Gasteiger partial charge in [0.05, 0.1) is 17.5 Å². The molecule has 2 aromatic rings. The predicted octanol–water partition coefficient (Wildman–Crippen LogP) is 1.04. The van der Waals surface area contributed by atoms with Gasteiger partial charge in [0.2, 0.25) is 5.95 Å². The summed E-state index contributed by atoms with van der Waals surface area (Å²) in [5.41, 5.74) is 7.34. The minimum atomic E-state index is 0.366. The summed E-state index contributed by atoms with van der Waals surface area (Å²) >= 11 is 0. The Bertz CT molecular complexity index is 549. The van der Waals surface area contributed by atoms with Crippen molar-refractivity contribution in [1.82, 2.24) is 20.2 Å². The molecule has 1 fully saturated rings. The van der Waals surface area contributed by atoms with Crippen LogP contribution in [0.2, 0.25) is 0 Å². The monoisotopic (exact) mass is 260 g/mol. The van der Waals surface area contributed by atoms with Gasteiger partial charge in [-0.1, -0.05) is 0 Å². The molecule has 0 spiro atoms. The first-order valence-electron chi connectivity index (χ1n) is 6.29. The van der Waals surface area contributed by atoms with Gasteiger partial charge in [-0.3, -0.25) is 5.10 Å². The number of aromatic nitrogens is 4. The molecule has 0 radical (unpaired) electrons. The molecule has 0 unspecified atom stereocenters. The molecule has 1 aliphatic heterocycles. The molecule has 1 aliphatic rings. The molecule has 7 heteroatoms. The molecule has 100 valence electrons. The van der Waals surface area contributed by atoms with Crippen LogP contribution in [0.15, 0.2) is 18.5 Å². The Morgan fingerprint density at radius 1 is 1.37 bits per heavy atom. The maximum absolute atomic E-state index is 5.79. The van der Waals surface area contributed by atoms with Crippen LogP contribution in [-0.4, -0.2) is 39.4 Å². The van der Waals surface area contributed by atoms with Crippen LogP contribution in [-0.2, 0) is 4.74 Å². The van der Waals surface area contributed by atoms with Crippen molar-refractivity contribution in [2.24, 2.45) is 0 Å². The maximum atomic E-state index is 5.79. The number of anilines is 2. The van der Waals surface area contributed by atoms with E-state index in [1.807, 2.05) is 6.07 Å². The number of rotatable bonds is 3. The number of nitrogen functional groups attached to an aromatic ring is 1. The first kappa shape index (κ1) is 11.9. The minimum Gasteiger partial charge on any atom is -0.384 e. The first-order valence-corrected chi connectivity index (χ1v) is 6.29. The second-order valence-corrected chi connectivity index (χ2v) is 4.49. The Labute approximate surface area is 110 Å². The van der Waals surface area contributed by atoms with E-state index in [0.717, 1.165) is 37.3 Å². The summed E-state index contributed by atoms with van der Waals surface area (Å²) in [6, 6.07) is 2.18. The number of hydrogen-bond acceptors (Lipinski definition) is 6.